The number of amides is 1. The van der Waals surface area contributed by atoms with Crippen molar-refractivity contribution in [2.75, 3.05) is 27.2 Å². The number of aromatic nitrogens is 3. The number of hydrogen-bond acceptors (Lipinski definition) is 5. The van der Waals surface area contributed by atoms with Gasteiger partial charge < -0.3 is 9.80 Å². The summed E-state index contributed by atoms with van der Waals surface area (Å²) < 4.78 is 28.7. The molecule has 0 saturated carbocycles. The van der Waals surface area contributed by atoms with E-state index in [2.05, 4.69) is 10.1 Å². The summed E-state index contributed by atoms with van der Waals surface area (Å²) in [5.74, 6) is -0.608. The Hall–Kier alpha value is -3.43. The van der Waals surface area contributed by atoms with E-state index in [0.717, 1.165) is 10.4 Å². The van der Waals surface area contributed by atoms with Crippen molar-refractivity contribution in [3.05, 3.63) is 89.1 Å². The van der Waals surface area contributed by atoms with E-state index in [1.54, 1.807) is 29.2 Å². The number of hydrogen-bond donors (Lipinski definition) is 0. The minimum atomic E-state index is -0.406. The second-order valence-corrected chi connectivity index (χ2v) is 8.73. The van der Waals surface area contributed by atoms with Crippen LogP contribution < -0.4 is 0 Å². The quantitative estimate of drug-likeness (QED) is 0.384. The van der Waals surface area contributed by atoms with Gasteiger partial charge in [0.1, 0.15) is 11.6 Å². The summed E-state index contributed by atoms with van der Waals surface area (Å²) in [6.07, 6.45) is 0. The Morgan fingerprint density at radius 2 is 1.79 bits per heavy atom. The van der Waals surface area contributed by atoms with Gasteiger partial charge in [0.25, 0.3) is 5.91 Å². The molecule has 9 heteroatoms. The molecule has 2 aromatic heterocycles. The molecule has 0 spiro atoms. The zero-order valence-corrected chi connectivity index (χ0v) is 19.1. The van der Waals surface area contributed by atoms with E-state index in [1.807, 2.05) is 36.5 Å². The normalized spacial score (nSPS) is 11.2. The molecule has 0 fully saturated rings. The maximum absolute atomic E-state index is 13.9. The summed E-state index contributed by atoms with van der Waals surface area (Å²) in [4.78, 5) is 22.4. The molecule has 4 aromatic rings. The smallest absolute Gasteiger partial charge is 0.293 e. The summed E-state index contributed by atoms with van der Waals surface area (Å²) in [5, 5.41) is 6.36. The molecule has 0 aliphatic carbocycles. The van der Waals surface area contributed by atoms with Gasteiger partial charge in [-0.05, 0) is 61.4 Å². The molecule has 33 heavy (non-hydrogen) atoms. The Bertz CT molecular complexity index is 1220. The van der Waals surface area contributed by atoms with Gasteiger partial charge in [-0.1, -0.05) is 24.3 Å². The van der Waals surface area contributed by atoms with Crippen molar-refractivity contribution >= 4 is 17.2 Å². The number of carbonyl (C=O) groups excluding carboxylic acids is 1. The monoisotopic (exact) mass is 467 g/mol. The minimum absolute atomic E-state index is 0.0172. The zero-order chi connectivity index (χ0) is 23.4. The van der Waals surface area contributed by atoms with Gasteiger partial charge in [0, 0.05) is 19.6 Å². The van der Waals surface area contributed by atoms with E-state index in [1.165, 1.54) is 40.3 Å². The highest BCUT2D eigenvalue weighted by atomic mass is 32.1. The lowest BCUT2D eigenvalue weighted by atomic mass is 10.2. The predicted molar refractivity (Wildman–Crippen MR) is 124 cm³/mol. The molecule has 4 rings (SSSR count). The van der Waals surface area contributed by atoms with E-state index in [-0.39, 0.29) is 24.1 Å². The van der Waals surface area contributed by atoms with Crippen LogP contribution in [0.15, 0.2) is 66.0 Å². The Morgan fingerprint density at radius 1 is 1.00 bits per heavy atom. The number of rotatable bonds is 8. The molecule has 0 unspecified atom stereocenters. The number of benzene rings is 2. The fraction of sp³-hybridized carbons (Fsp3) is 0.208. The summed E-state index contributed by atoms with van der Waals surface area (Å²) >= 11 is 1.46. The van der Waals surface area contributed by atoms with Crippen molar-refractivity contribution in [1.82, 2.24) is 24.6 Å². The van der Waals surface area contributed by atoms with E-state index in [0.29, 0.717) is 24.6 Å². The molecule has 1 amide bonds. The third-order valence-electron chi connectivity index (χ3n) is 4.98. The Labute approximate surface area is 194 Å². The van der Waals surface area contributed by atoms with Gasteiger partial charge in [-0.15, -0.1) is 16.4 Å². The van der Waals surface area contributed by atoms with Crippen LogP contribution in [0.4, 0.5) is 8.78 Å². The first kappa shape index (κ1) is 22.8. The maximum Gasteiger partial charge on any atom is 0.293 e. The molecule has 0 N–H and O–H groups in total. The van der Waals surface area contributed by atoms with E-state index >= 15 is 0 Å². The SMILES string of the molecule is CN(C)CCN(Cc1ccc(F)cc1)C(=O)c1nc(-c2cccs2)n(-c2cccc(F)c2)n1. The van der Waals surface area contributed by atoms with Crippen molar-refractivity contribution < 1.29 is 13.6 Å². The van der Waals surface area contributed by atoms with Crippen LogP contribution in [-0.2, 0) is 6.54 Å². The Kier molecular flexibility index (Phi) is 6.90. The van der Waals surface area contributed by atoms with Crippen molar-refractivity contribution in [2.45, 2.75) is 6.54 Å². The second kappa shape index (κ2) is 10.0. The van der Waals surface area contributed by atoms with Gasteiger partial charge in [0.05, 0.1) is 10.6 Å². The van der Waals surface area contributed by atoms with Crippen LogP contribution in [0.2, 0.25) is 0 Å². The summed E-state index contributed by atoms with van der Waals surface area (Å²) in [5.41, 5.74) is 1.27. The highest BCUT2D eigenvalue weighted by molar-refractivity contribution is 7.13. The summed E-state index contributed by atoms with van der Waals surface area (Å²) in [7, 11) is 3.85. The lowest BCUT2D eigenvalue weighted by Crippen LogP contribution is -2.36. The number of halogens is 2. The van der Waals surface area contributed by atoms with E-state index in [4.69, 9.17) is 0 Å². The standard InChI is InChI=1S/C24H23F2N5OS/c1-29(2)12-13-30(16-17-8-10-18(25)11-9-17)24(32)22-27-23(21-7-4-14-33-21)31(28-22)20-6-3-5-19(26)15-20/h3-11,14-15H,12-13,16H2,1-2H3. The predicted octanol–water partition coefficient (Wildman–Crippen LogP) is 4.48. The highest BCUT2D eigenvalue weighted by Crippen LogP contribution is 2.26. The Balaban J connectivity index is 1.70. The topological polar surface area (TPSA) is 54.3 Å². The zero-order valence-electron chi connectivity index (χ0n) is 18.3. The molecule has 2 heterocycles. The average Bonchev–Trinajstić information content (AvgIpc) is 3.47. The van der Waals surface area contributed by atoms with Crippen LogP contribution in [0, 0.1) is 11.6 Å². The van der Waals surface area contributed by atoms with Crippen molar-refractivity contribution in [3.8, 4) is 16.4 Å². The molecule has 170 valence electrons. The third-order valence-corrected chi connectivity index (χ3v) is 5.85. The number of likely N-dealkylation sites (N-methyl/N-ethyl adjacent to an activating group) is 1. The Morgan fingerprint density at radius 3 is 2.45 bits per heavy atom. The van der Waals surface area contributed by atoms with Crippen LogP contribution in [0.3, 0.4) is 0 Å². The number of thiophene rings is 1. The first-order valence-electron chi connectivity index (χ1n) is 10.4. The van der Waals surface area contributed by atoms with Gasteiger partial charge >= 0.3 is 0 Å². The van der Waals surface area contributed by atoms with Crippen molar-refractivity contribution in [2.24, 2.45) is 0 Å². The van der Waals surface area contributed by atoms with Crippen LogP contribution in [0.5, 0.6) is 0 Å². The first-order valence-corrected chi connectivity index (χ1v) is 11.2. The lowest BCUT2D eigenvalue weighted by Gasteiger charge is -2.23. The van der Waals surface area contributed by atoms with Crippen molar-refractivity contribution in [3.63, 3.8) is 0 Å². The highest BCUT2D eigenvalue weighted by Gasteiger charge is 2.24. The number of carbonyl (C=O) groups is 1. The molecule has 6 nitrogen and oxygen atoms in total. The number of nitrogens with zero attached hydrogens (tertiary/aromatic N) is 5. The fourth-order valence-corrected chi connectivity index (χ4v) is 3.98. The van der Waals surface area contributed by atoms with Crippen molar-refractivity contribution in [1.29, 1.82) is 0 Å². The molecular weight excluding hydrogens is 444 g/mol. The molecule has 0 atom stereocenters. The van der Waals surface area contributed by atoms with Crippen LogP contribution >= 0.6 is 11.3 Å². The van der Waals surface area contributed by atoms with Crippen LogP contribution in [0.25, 0.3) is 16.4 Å². The fourth-order valence-electron chi connectivity index (χ4n) is 3.28. The van der Waals surface area contributed by atoms with E-state index < -0.39 is 5.82 Å². The molecule has 0 radical (unpaired) electrons. The minimum Gasteiger partial charge on any atom is -0.330 e. The molecule has 0 aliphatic rings. The average molecular weight is 468 g/mol. The third kappa shape index (κ3) is 5.50. The van der Waals surface area contributed by atoms with E-state index in [9.17, 15) is 13.6 Å². The molecule has 2 aromatic carbocycles. The summed E-state index contributed by atoms with van der Waals surface area (Å²) in [6.45, 7) is 1.36. The lowest BCUT2D eigenvalue weighted by molar-refractivity contribution is 0.0719. The molecule has 0 bridgehead atoms. The largest absolute Gasteiger partial charge is 0.330 e. The van der Waals surface area contributed by atoms with Gasteiger partial charge in [-0.25, -0.2) is 18.4 Å². The van der Waals surface area contributed by atoms with Gasteiger partial charge in [-0.2, -0.15) is 0 Å². The maximum atomic E-state index is 13.9. The first-order chi connectivity index (χ1) is 15.9. The molecular formula is C24H23F2N5OS. The van der Waals surface area contributed by atoms with Crippen LogP contribution in [0.1, 0.15) is 16.2 Å². The summed E-state index contributed by atoms with van der Waals surface area (Å²) in [6, 6.07) is 15.8. The van der Waals surface area contributed by atoms with Gasteiger partial charge in [-0.3, -0.25) is 4.79 Å². The molecule has 0 aliphatic heterocycles. The second-order valence-electron chi connectivity index (χ2n) is 7.78. The van der Waals surface area contributed by atoms with Gasteiger partial charge in [0.15, 0.2) is 5.82 Å². The van der Waals surface area contributed by atoms with Crippen LogP contribution in [-0.4, -0.2) is 57.7 Å². The molecule has 0 saturated heterocycles. The van der Waals surface area contributed by atoms with Gasteiger partial charge in [0.2, 0.25) is 5.82 Å².